The Morgan fingerprint density at radius 3 is 2.65 bits per heavy atom. The highest BCUT2D eigenvalue weighted by molar-refractivity contribution is 5.77. The van der Waals surface area contributed by atoms with E-state index in [9.17, 15) is 4.79 Å². The fourth-order valence-electron chi connectivity index (χ4n) is 4.40. The van der Waals surface area contributed by atoms with Crippen molar-refractivity contribution >= 4 is 5.97 Å². The van der Waals surface area contributed by atoms with Gasteiger partial charge in [0.1, 0.15) is 0 Å². The van der Waals surface area contributed by atoms with Gasteiger partial charge in [-0.1, -0.05) is 43.2 Å². The van der Waals surface area contributed by atoms with Crippen LogP contribution in [0, 0.1) is 5.41 Å². The first-order chi connectivity index (χ1) is 11.2. The second-order valence-corrected chi connectivity index (χ2v) is 7.18. The number of nitrogens with zero attached hydrogens (tertiary/aromatic N) is 1. The molecule has 0 spiro atoms. The van der Waals surface area contributed by atoms with Crippen LogP contribution in [0.15, 0.2) is 30.3 Å². The number of hydrogen-bond acceptors (Lipinski definition) is 3. The predicted octanol–water partition coefficient (Wildman–Crippen LogP) is 3.82. The molecule has 23 heavy (non-hydrogen) atoms. The maximum absolute atomic E-state index is 12.8. The molecule has 1 atom stereocenters. The van der Waals surface area contributed by atoms with Gasteiger partial charge in [-0.2, -0.15) is 0 Å². The SMILES string of the molecule is CCOC(=O)[C@]1(Cc2ccccc2)CCCN(C2CCCC2)C1. The molecule has 0 N–H and O–H groups in total. The first-order valence-electron chi connectivity index (χ1n) is 9.19. The van der Waals surface area contributed by atoms with Gasteiger partial charge in [-0.3, -0.25) is 9.69 Å². The maximum atomic E-state index is 12.8. The predicted molar refractivity (Wildman–Crippen MR) is 92.3 cm³/mol. The molecule has 0 aromatic heterocycles. The summed E-state index contributed by atoms with van der Waals surface area (Å²) in [6, 6.07) is 11.1. The summed E-state index contributed by atoms with van der Waals surface area (Å²) in [5, 5.41) is 0. The van der Waals surface area contributed by atoms with Crippen LogP contribution in [0.3, 0.4) is 0 Å². The topological polar surface area (TPSA) is 29.5 Å². The van der Waals surface area contributed by atoms with Crippen molar-refractivity contribution in [2.45, 2.75) is 57.9 Å². The molecule has 2 fully saturated rings. The Morgan fingerprint density at radius 1 is 1.22 bits per heavy atom. The Balaban J connectivity index is 1.80. The Hall–Kier alpha value is -1.35. The molecule has 0 radical (unpaired) electrons. The van der Waals surface area contributed by atoms with E-state index in [1.807, 2.05) is 13.0 Å². The molecule has 3 heteroatoms. The molecule has 1 saturated heterocycles. The first-order valence-corrected chi connectivity index (χ1v) is 9.19. The van der Waals surface area contributed by atoms with Gasteiger partial charge in [-0.05, 0) is 51.1 Å². The van der Waals surface area contributed by atoms with Crippen LogP contribution in [-0.4, -0.2) is 36.6 Å². The molecular formula is C20H29NO2. The molecule has 126 valence electrons. The van der Waals surface area contributed by atoms with E-state index in [0.717, 1.165) is 32.4 Å². The van der Waals surface area contributed by atoms with Gasteiger partial charge in [0.25, 0.3) is 0 Å². The minimum atomic E-state index is -0.363. The molecule has 1 aromatic carbocycles. The summed E-state index contributed by atoms with van der Waals surface area (Å²) in [4.78, 5) is 15.4. The molecule has 0 unspecified atom stereocenters. The highest BCUT2D eigenvalue weighted by Crippen LogP contribution is 2.38. The average Bonchev–Trinajstić information content (AvgIpc) is 3.11. The van der Waals surface area contributed by atoms with Crippen molar-refractivity contribution in [3.8, 4) is 0 Å². The fraction of sp³-hybridized carbons (Fsp3) is 0.650. The summed E-state index contributed by atoms with van der Waals surface area (Å²) in [7, 11) is 0. The van der Waals surface area contributed by atoms with Gasteiger partial charge < -0.3 is 4.74 Å². The monoisotopic (exact) mass is 315 g/mol. The molecule has 1 aliphatic carbocycles. The summed E-state index contributed by atoms with van der Waals surface area (Å²) < 4.78 is 5.50. The number of benzene rings is 1. The van der Waals surface area contributed by atoms with Crippen LogP contribution in [0.2, 0.25) is 0 Å². The Bertz CT molecular complexity index is 510. The zero-order valence-corrected chi connectivity index (χ0v) is 14.3. The van der Waals surface area contributed by atoms with Gasteiger partial charge in [0, 0.05) is 12.6 Å². The number of hydrogen-bond donors (Lipinski definition) is 0. The molecule has 1 saturated carbocycles. The third kappa shape index (κ3) is 3.77. The summed E-state index contributed by atoms with van der Waals surface area (Å²) in [5.41, 5.74) is 0.881. The minimum absolute atomic E-state index is 0.00606. The third-order valence-electron chi connectivity index (χ3n) is 5.54. The Kier molecular flexibility index (Phi) is 5.37. The van der Waals surface area contributed by atoms with Gasteiger partial charge in [-0.15, -0.1) is 0 Å². The molecule has 1 heterocycles. The van der Waals surface area contributed by atoms with Crippen molar-refractivity contribution < 1.29 is 9.53 Å². The second-order valence-electron chi connectivity index (χ2n) is 7.18. The van der Waals surface area contributed by atoms with Gasteiger partial charge >= 0.3 is 5.97 Å². The van der Waals surface area contributed by atoms with E-state index >= 15 is 0 Å². The van der Waals surface area contributed by atoms with Crippen molar-refractivity contribution in [1.29, 1.82) is 0 Å². The van der Waals surface area contributed by atoms with E-state index in [1.165, 1.54) is 31.2 Å². The van der Waals surface area contributed by atoms with Crippen LogP contribution >= 0.6 is 0 Å². The highest BCUT2D eigenvalue weighted by atomic mass is 16.5. The normalized spacial score (nSPS) is 26.3. The quantitative estimate of drug-likeness (QED) is 0.774. The Labute approximate surface area is 140 Å². The second kappa shape index (κ2) is 7.48. The molecule has 2 aliphatic rings. The van der Waals surface area contributed by atoms with E-state index in [-0.39, 0.29) is 11.4 Å². The lowest BCUT2D eigenvalue weighted by atomic mass is 9.74. The van der Waals surface area contributed by atoms with Crippen molar-refractivity contribution in [3.63, 3.8) is 0 Å². The number of piperidine rings is 1. The van der Waals surface area contributed by atoms with Gasteiger partial charge in [0.15, 0.2) is 0 Å². The van der Waals surface area contributed by atoms with E-state index < -0.39 is 0 Å². The smallest absolute Gasteiger partial charge is 0.313 e. The zero-order valence-electron chi connectivity index (χ0n) is 14.3. The van der Waals surface area contributed by atoms with E-state index in [4.69, 9.17) is 4.74 Å². The number of rotatable bonds is 5. The summed E-state index contributed by atoms with van der Waals surface area (Å²) in [5.74, 6) is 0.00606. The zero-order chi connectivity index (χ0) is 16.1. The molecular weight excluding hydrogens is 286 g/mol. The van der Waals surface area contributed by atoms with E-state index in [1.54, 1.807) is 0 Å². The maximum Gasteiger partial charge on any atom is 0.313 e. The molecule has 1 aliphatic heterocycles. The van der Waals surface area contributed by atoms with Crippen molar-refractivity contribution in [3.05, 3.63) is 35.9 Å². The fourth-order valence-corrected chi connectivity index (χ4v) is 4.40. The Morgan fingerprint density at radius 2 is 1.96 bits per heavy atom. The van der Waals surface area contributed by atoms with E-state index in [0.29, 0.717) is 12.6 Å². The lowest BCUT2D eigenvalue weighted by Gasteiger charge is -2.43. The van der Waals surface area contributed by atoms with Gasteiger partial charge in [-0.25, -0.2) is 0 Å². The van der Waals surface area contributed by atoms with Crippen LogP contribution in [0.1, 0.15) is 51.0 Å². The average molecular weight is 315 g/mol. The van der Waals surface area contributed by atoms with Crippen LogP contribution in [0.25, 0.3) is 0 Å². The molecule has 1 aromatic rings. The number of carbonyl (C=O) groups is 1. The largest absolute Gasteiger partial charge is 0.466 e. The number of esters is 1. The number of likely N-dealkylation sites (tertiary alicyclic amines) is 1. The van der Waals surface area contributed by atoms with Crippen LogP contribution in [-0.2, 0) is 16.0 Å². The summed E-state index contributed by atoms with van der Waals surface area (Å²) >= 11 is 0. The lowest BCUT2D eigenvalue weighted by Crippen LogP contribution is -2.52. The molecule has 0 amide bonds. The van der Waals surface area contributed by atoms with Crippen LogP contribution < -0.4 is 0 Å². The van der Waals surface area contributed by atoms with Crippen molar-refractivity contribution in [2.24, 2.45) is 5.41 Å². The summed E-state index contributed by atoms with van der Waals surface area (Å²) in [6.45, 7) is 4.39. The highest BCUT2D eigenvalue weighted by Gasteiger charge is 2.45. The number of ether oxygens (including phenoxy) is 1. The molecule has 0 bridgehead atoms. The lowest BCUT2D eigenvalue weighted by molar-refractivity contribution is -0.159. The number of carbonyl (C=O) groups excluding carboxylic acids is 1. The third-order valence-corrected chi connectivity index (χ3v) is 5.54. The van der Waals surface area contributed by atoms with Crippen molar-refractivity contribution in [1.82, 2.24) is 4.90 Å². The van der Waals surface area contributed by atoms with Gasteiger partial charge in [0.2, 0.25) is 0 Å². The first kappa shape index (κ1) is 16.5. The minimum Gasteiger partial charge on any atom is -0.466 e. The molecule has 3 rings (SSSR count). The van der Waals surface area contributed by atoms with Gasteiger partial charge in [0.05, 0.1) is 12.0 Å². The van der Waals surface area contributed by atoms with E-state index in [2.05, 4.69) is 29.2 Å². The van der Waals surface area contributed by atoms with Crippen molar-refractivity contribution in [2.75, 3.05) is 19.7 Å². The van der Waals surface area contributed by atoms with Crippen LogP contribution in [0.5, 0.6) is 0 Å². The molecule has 3 nitrogen and oxygen atoms in total. The van der Waals surface area contributed by atoms with Crippen LogP contribution in [0.4, 0.5) is 0 Å². The standard InChI is InChI=1S/C20H29NO2/c1-2-23-19(22)20(15-17-9-4-3-5-10-17)13-8-14-21(16-20)18-11-6-7-12-18/h3-5,9-10,18H,2,6-8,11-16H2,1H3/t20-/m0/s1. The summed E-state index contributed by atoms with van der Waals surface area (Å²) in [6.07, 6.45) is 8.12.